The van der Waals surface area contributed by atoms with E-state index in [1.165, 1.54) is 5.56 Å². The fraction of sp³-hybridized carbons (Fsp3) is 0.364. The molecule has 0 unspecified atom stereocenters. The summed E-state index contributed by atoms with van der Waals surface area (Å²) in [6.45, 7) is 3.57. The maximum absolute atomic E-state index is 11.5. The zero-order chi connectivity index (χ0) is 9.97. The van der Waals surface area contributed by atoms with E-state index in [0.29, 0.717) is 6.54 Å². The summed E-state index contributed by atoms with van der Waals surface area (Å²) >= 11 is 0. The van der Waals surface area contributed by atoms with Crippen LogP contribution < -0.4 is 10.6 Å². The first kappa shape index (κ1) is 9.06. The Balaban J connectivity index is 2.24. The van der Waals surface area contributed by atoms with E-state index in [2.05, 4.69) is 10.6 Å². The summed E-state index contributed by atoms with van der Waals surface area (Å²) in [6, 6.07) is 5.84. The van der Waals surface area contributed by atoms with Crippen LogP contribution in [-0.2, 0) is 6.42 Å². The predicted octanol–water partition coefficient (Wildman–Crippen LogP) is 1.40. The van der Waals surface area contributed by atoms with E-state index in [9.17, 15) is 4.79 Å². The molecule has 0 radical (unpaired) electrons. The van der Waals surface area contributed by atoms with E-state index in [-0.39, 0.29) is 5.91 Å². The highest BCUT2D eigenvalue weighted by atomic mass is 16.1. The van der Waals surface area contributed by atoms with Crippen LogP contribution in [0.25, 0.3) is 0 Å². The van der Waals surface area contributed by atoms with Gasteiger partial charge < -0.3 is 10.6 Å². The van der Waals surface area contributed by atoms with Crippen molar-refractivity contribution in [2.45, 2.75) is 13.3 Å². The lowest BCUT2D eigenvalue weighted by atomic mass is 10.1. The van der Waals surface area contributed by atoms with Crippen LogP contribution in [0.4, 0.5) is 5.69 Å². The second-order valence-corrected chi connectivity index (χ2v) is 3.41. The minimum absolute atomic E-state index is 0.00370. The number of hydrogen-bond donors (Lipinski definition) is 2. The van der Waals surface area contributed by atoms with Crippen LogP contribution in [0.2, 0.25) is 0 Å². The van der Waals surface area contributed by atoms with Crippen molar-refractivity contribution < 1.29 is 4.79 Å². The molecule has 0 fully saturated rings. The van der Waals surface area contributed by atoms with Crippen molar-refractivity contribution in [3.8, 4) is 0 Å². The minimum Gasteiger partial charge on any atom is -0.384 e. The summed E-state index contributed by atoms with van der Waals surface area (Å²) in [5.74, 6) is 0.00370. The van der Waals surface area contributed by atoms with Gasteiger partial charge in [0.15, 0.2) is 0 Å². The molecule has 0 bridgehead atoms. The largest absolute Gasteiger partial charge is 0.384 e. The van der Waals surface area contributed by atoms with E-state index >= 15 is 0 Å². The van der Waals surface area contributed by atoms with Gasteiger partial charge in [-0.15, -0.1) is 0 Å². The summed E-state index contributed by atoms with van der Waals surface area (Å²) < 4.78 is 0. The molecule has 1 amide bonds. The van der Waals surface area contributed by atoms with Gasteiger partial charge in [-0.1, -0.05) is 6.07 Å². The fourth-order valence-corrected chi connectivity index (χ4v) is 1.69. The van der Waals surface area contributed by atoms with Gasteiger partial charge in [0.2, 0.25) is 0 Å². The Bertz CT molecular complexity index is 360. The molecule has 0 saturated heterocycles. The Hall–Kier alpha value is -1.51. The molecule has 2 rings (SSSR count). The Morgan fingerprint density at radius 2 is 2.43 bits per heavy atom. The van der Waals surface area contributed by atoms with E-state index in [1.807, 2.05) is 25.1 Å². The number of carbonyl (C=O) groups is 1. The van der Waals surface area contributed by atoms with Crippen molar-refractivity contribution in [3.05, 3.63) is 29.3 Å². The van der Waals surface area contributed by atoms with Crippen molar-refractivity contribution in [2.24, 2.45) is 0 Å². The van der Waals surface area contributed by atoms with E-state index in [1.54, 1.807) is 0 Å². The molecule has 1 aliphatic heterocycles. The third-order valence-electron chi connectivity index (χ3n) is 2.42. The maximum Gasteiger partial charge on any atom is 0.251 e. The first-order valence-electron chi connectivity index (χ1n) is 4.96. The van der Waals surface area contributed by atoms with Crippen LogP contribution >= 0.6 is 0 Å². The molecular weight excluding hydrogens is 176 g/mol. The Morgan fingerprint density at radius 3 is 3.21 bits per heavy atom. The van der Waals surface area contributed by atoms with Crippen molar-refractivity contribution >= 4 is 11.6 Å². The molecule has 3 heteroatoms. The highest BCUT2D eigenvalue weighted by Crippen LogP contribution is 2.22. The monoisotopic (exact) mass is 190 g/mol. The quantitative estimate of drug-likeness (QED) is 0.740. The molecule has 1 aliphatic rings. The van der Waals surface area contributed by atoms with Gasteiger partial charge in [0.1, 0.15) is 0 Å². The lowest BCUT2D eigenvalue weighted by Crippen LogP contribution is -2.22. The number of fused-ring (bicyclic) bond motifs is 1. The fourth-order valence-electron chi connectivity index (χ4n) is 1.69. The lowest BCUT2D eigenvalue weighted by molar-refractivity contribution is 0.0956. The summed E-state index contributed by atoms with van der Waals surface area (Å²) in [5.41, 5.74) is 3.15. The van der Waals surface area contributed by atoms with Gasteiger partial charge >= 0.3 is 0 Å². The Labute approximate surface area is 83.5 Å². The van der Waals surface area contributed by atoms with Crippen LogP contribution in [0, 0.1) is 0 Å². The van der Waals surface area contributed by atoms with Crippen LogP contribution in [-0.4, -0.2) is 19.0 Å². The van der Waals surface area contributed by atoms with Gasteiger partial charge in [-0.05, 0) is 31.0 Å². The minimum atomic E-state index is 0.00370. The number of nitrogens with one attached hydrogen (secondary N) is 2. The normalized spacial score (nSPS) is 13.2. The second-order valence-electron chi connectivity index (χ2n) is 3.41. The molecule has 0 aromatic heterocycles. The van der Waals surface area contributed by atoms with Crippen molar-refractivity contribution in [2.75, 3.05) is 18.4 Å². The molecule has 74 valence electrons. The molecule has 1 aromatic rings. The van der Waals surface area contributed by atoms with Crippen molar-refractivity contribution in [3.63, 3.8) is 0 Å². The number of amides is 1. The summed E-state index contributed by atoms with van der Waals surface area (Å²) in [6.07, 6.45) is 1.06. The van der Waals surface area contributed by atoms with E-state index in [0.717, 1.165) is 24.2 Å². The van der Waals surface area contributed by atoms with Crippen LogP contribution in [0.3, 0.4) is 0 Å². The molecule has 0 saturated carbocycles. The van der Waals surface area contributed by atoms with Gasteiger partial charge in [0.25, 0.3) is 5.91 Å². The molecule has 0 aliphatic carbocycles. The summed E-state index contributed by atoms with van der Waals surface area (Å²) in [7, 11) is 0. The molecule has 2 N–H and O–H groups in total. The highest BCUT2D eigenvalue weighted by Gasteiger charge is 2.12. The molecule has 1 aromatic carbocycles. The number of carbonyl (C=O) groups excluding carboxylic acids is 1. The smallest absolute Gasteiger partial charge is 0.251 e. The topological polar surface area (TPSA) is 41.1 Å². The van der Waals surface area contributed by atoms with Gasteiger partial charge in [0, 0.05) is 24.3 Å². The molecule has 1 heterocycles. The average Bonchev–Trinajstić information content (AvgIpc) is 2.64. The predicted molar refractivity (Wildman–Crippen MR) is 56.6 cm³/mol. The lowest BCUT2D eigenvalue weighted by Gasteiger charge is -2.04. The number of rotatable bonds is 2. The Kier molecular flexibility index (Phi) is 2.39. The molecular formula is C11H14N2O. The average molecular weight is 190 g/mol. The highest BCUT2D eigenvalue weighted by molar-refractivity contribution is 5.95. The third kappa shape index (κ3) is 1.58. The number of anilines is 1. The molecule has 14 heavy (non-hydrogen) atoms. The molecule has 0 spiro atoms. The number of benzene rings is 1. The van der Waals surface area contributed by atoms with Crippen molar-refractivity contribution in [1.82, 2.24) is 5.32 Å². The zero-order valence-corrected chi connectivity index (χ0v) is 8.26. The summed E-state index contributed by atoms with van der Waals surface area (Å²) in [5, 5.41) is 6.04. The van der Waals surface area contributed by atoms with E-state index < -0.39 is 0 Å². The van der Waals surface area contributed by atoms with Crippen LogP contribution in [0.1, 0.15) is 22.8 Å². The SMILES string of the molecule is CCNC(=O)c1ccc2c(c1)NCC2. The van der Waals surface area contributed by atoms with Gasteiger partial charge in [-0.25, -0.2) is 0 Å². The van der Waals surface area contributed by atoms with Gasteiger partial charge in [0.05, 0.1) is 0 Å². The number of hydrogen-bond acceptors (Lipinski definition) is 2. The standard InChI is InChI=1S/C11H14N2O/c1-2-12-11(14)9-4-3-8-5-6-13-10(8)7-9/h3-4,7,13H,2,5-6H2,1H3,(H,12,14). The van der Waals surface area contributed by atoms with Gasteiger partial charge in [-0.2, -0.15) is 0 Å². The first-order valence-corrected chi connectivity index (χ1v) is 4.96. The van der Waals surface area contributed by atoms with E-state index in [4.69, 9.17) is 0 Å². The Morgan fingerprint density at radius 1 is 1.57 bits per heavy atom. The molecule has 3 nitrogen and oxygen atoms in total. The first-order chi connectivity index (χ1) is 6.81. The van der Waals surface area contributed by atoms with Gasteiger partial charge in [-0.3, -0.25) is 4.79 Å². The zero-order valence-electron chi connectivity index (χ0n) is 8.26. The second kappa shape index (κ2) is 3.70. The summed E-state index contributed by atoms with van der Waals surface area (Å²) in [4.78, 5) is 11.5. The third-order valence-corrected chi connectivity index (χ3v) is 2.42. The van der Waals surface area contributed by atoms with Crippen LogP contribution in [0.15, 0.2) is 18.2 Å². The maximum atomic E-state index is 11.5. The van der Waals surface area contributed by atoms with Crippen LogP contribution in [0.5, 0.6) is 0 Å². The molecule has 0 atom stereocenters. The van der Waals surface area contributed by atoms with Crippen molar-refractivity contribution in [1.29, 1.82) is 0 Å².